The van der Waals surface area contributed by atoms with E-state index in [1.165, 1.54) is 6.92 Å². The maximum absolute atomic E-state index is 12.4. The van der Waals surface area contributed by atoms with E-state index < -0.39 is 38.0 Å². The standard InChI is InChI=1S/C11H13ClN2O6S/c1-3-13(7-11(15)20-2)21(18,19)10-6-8(14(16)17)4-5-9(10)12/h4-6H,3,7H2,1-2H3. The van der Waals surface area contributed by atoms with Crippen LogP contribution in [0.15, 0.2) is 23.1 Å². The van der Waals surface area contributed by atoms with E-state index in [2.05, 4.69) is 4.74 Å². The predicted molar refractivity (Wildman–Crippen MR) is 74.6 cm³/mol. The van der Waals surface area contributed by atoms with Crippen molar-refractivity contribution in [2.24, 2.45) is 0 Å². The summed E-state index contributed by atoms with van der Waals surface area (Å²) in [6.07, 6.45) is 0. The summed E-state index contributed by atoms with van der Waals surface area (Å²) in [7, 11) is -3.02. The van der Waals surface area contributed by atoms with Gasteiger partial charge in [-0.2, -0.15) is 4.31 Å². The molecule has 0 unspecified atom stereocenters. The van der Waals surface area contributed by atoms with E-state index in [9.17, 15) is 23.3 Å². The van der Waals surface area contributed by atoms with Crippen molar-refractivity contribution in [3.05, 3.63) is 33.3 Å². The fraction of sp³-hybridized carbons (Fsp3) is 0.364. The number of sulfonamides is 1. The number of carbonyl (C=O) groups excluding carboxylic acids is 1. The van der Waals surface area contributed by atoms with Gasteiger partial charge in [0.05, 0.1) is 17.1 Å². The van der Waals surface area contributed by atoms with E-state index in [1.807, 2.05) is 0 Å². The van der Waals surface area contributed by atoms with Gasteiger partial charge >= 0.3 is 5.97 Å². The molecule has 0 atom stereocenters. The van der Waals surface area contributed by atoms with Crippen LogP contribution in [0.3, 0.4) is 0 Å². The maximum atomic E-state index is 12.4. The molecule has 0 amide bonds. The van der Waals surface area contributed by atoms with Gasteiger partial charge in [-0.3, -0.25) is 14.9 Å². The van der Waals surface area contributed by atoms with Gasteiger partial charge in [0.25, 0.3) is 5.69 Å². The Hall–Kier alpha value is -1.71. The van der Waals surface area contributed by atoms with E-state index >= 15 is 0 Å². The minimum absolute atomic E-state index is 0.0174. The van der Waals surface area contributed by atoms with Gasteiger partial charge in [-0.05, 0) is 6.07 Å². The van der Waals surface area contributed by atoms with Crippen molar-refractivity contribution in [2.75, 3.05) is 20.2 Å². The summed E-state index contributed by atoms with van der Waals surface area (Å²) in [4.78, 5) is 20.8. The summed E-state index contributed by atoms with van der Waals surface area (Å²) < 4.78 is 30.1. The Morgan fingerprint density at radius 3 is 2.57 bits per heavy atom. The number of esters is 1. The van der Waals surface area contributed by atoms with Crippen molar-refractivity contribution < 1.29 is 22.9 Å². The molecule has 0 aromatic heterocycles. The zero-order valence-corrected chi connectivity index (χ0v) is 12.8. The van der Waals surface area contributed by atoms with Crippen LogP contribution in [0.25, 0.3) is 0 Å². The first-order chi connectivity index (χ1) is 9.73. The zero-order chi connectivity index (χ0) is 16.2. The number of halogens is 1. The molecule has 0 spiro atoms. The molecule has 0 saturated carbocycles. The van der Waals surface area contributed by atoms with Crippen molar-refractivity contribution >= 4 is 33.3 Å². The molecule has 0 saturated heterocycles. The molecule has 0 heterocycles. The van der Waals surface area contributed by atoms with E-state index in [1.54, 1.807) is 0 Å². The van der Waals surface area contributed by atoms with Crippen molar-refractivity contribution in [1.82, 2.24) is 4.31 Å². The number of nitro groups is 1. The smallest absolute Gasteiger partial charge is 0.321 e. The molecule has 0 radical (unpaired) electrons. The summed E-state index contributed by atoms with van der Waals surface area (Å²) in [5.74, 6) is -0.748. The van der Waals surface area contributed by atoms with Gasteiger partial charge in [-0.15, -0.1) is 0 Å². The highest BCUT2D eigenvalue weighted by atomic mass is 35.5. The van der Waals surface area contributed by atoms with Crippen molar-refractivity contribution in [2.45, 2.75) is 11.8 Å². The lowest BCUT2D eigenvalue weighted by atomic mass is 10.3. The van der Waals surface area contributed by atoms with Crippen LogP contribution in [0.4, 0.5) is 5.69 Å². The molecule has 0 fully saturated rings. The number of ether oxygens (including phenoxy) is 1. The second-order valence-corrected chi connectivity index (χ2v) is 6.19. The monoisotopic (exact) mass is 336 g/mol. The Morgan fingerprint density at radius 2 is 2.10 bits per heavy atom. The van der Waals surface area contributed by atoms with Gasteiger partial charge in [-0.25, -0.2) is 8.42 Å². The Labute approximate surface area is 126 Å². The normalized spacial score (nSPS) is 11.4. The summed E-state index contributed by atoms with van der Waals surface area (Å²) in [6, 6.07) is 3.08. The number of benzene rings is 1. The topological polar surface area (TPSA) is 107 Å². The number of rotatable bonds is 6. The van der Waals surface area contributed by atoms with Crippen LogP contribution >= 0.6 is 11.6 Å². The van der Waals surface area contributed by atoms with Crippen molar-refractivity contribution in [3.8, 4) is 0 Å². The van der Waals surface area contributed by atoms with Crippen LogP contribution in [0.5, 0.6) is 0 Å². The SMILES string of the molecule is CCN(CC(=O)OC)S(=O)(=O)c1cc([N+](=O)[O-])ccc1Cl. The van der Waals surface area contributed by atoms with Crippen LogP contribution < -0.4 is 0 Å². The highest BCUT2D eigenvalue weighted by Gasteiger charge is 2.29. The van der Waals surface area contributed by atoms with Crippen LogP contribution in [0.2, 0.25) is 5.02 Å². The van der Waals surface area contributed by atoms with E-state index in [-0.39, 0.29) is 11.6 Å². The lowest BCUT2D eigenvalue weighted by Gasteiger charge is -2.19. The number of non-ortho nitro benzene ring substituents is 1. The molecular weight excluding hydrogens is 324 g/mol. The minimum atomic E-state index is -4.15. The quantitative estimate of drug-likeness (QED) is 0.442. The number of nitro benzene ring substituents is 1. The number of methoxy groups -OCH3 is 1. The Bertz CT molecular complexity index is 661. The molecule has 0 bridgehead atoms. The van der Waals surface area contributed by atoms with Gasteiger partial charge in [0.1, 0.15) is 11.4 Å². The summed E-state index contributed by atoms with van der Waals surface area (Å²) >= 11 is 5.81. The molecule has 1 aromatic carbocycles. The third-order valence-electron chi connectivity index (χ3n) is 2.63. The summed E-state index contributed by atoms with van der Waals surface area (Å²) in [6.45, 7) is 0.997. The van der Waals surface area contributed by atoms with E-state index in [4.69, 9.17) is 11.6 Å². The van der Waals surface area contributed by atoms with Crippen molar-refractivity contribution in [3.63, 3.8) is 0 Å². The maximum Gasteiger partial charge on any atom is 0.321 e. The summed E-state index contributed by atoms with van der Waals surface area (Å²) in [5, 5.41) is 10.6. The van der Waals surface area contributed by atoms with Gasteiger partial charge in [0.2, 0.25) is 10.0 Å². The lowest BCUT2D eigenvalue weighted by Crippen LogP contribution is -2.36. The van der Waals surface area contributed by atoms with E-state index in [0.717, 1.165) is 29.6 Å². The van der Waals surface area contributed by atoms with Crippen LogP contribution in [-0.4, -0.2) is 43.8 Å². The number of hydrogen-bond donors (Lipinski definition) is 0. The highest BCUT2D eigenvalue weighted by Crippen LogP contribution is 2.28. The Balaban J connectivity index is 3.31. The Morgan fingerprint density at radius 1 is 1.48 bits per heavy atom. The van der Waals surface area contributed by atoms with Crippen LogP contribution in [0.1, 0.15) is 6.92 Å². The average Bonchev–Trinajstić information content (AvgIpc) is 2.44. The predicted octanol–water partition coefficient (Wildman–Crippen LogP) is 1.43. The number of carbonyl (C=O) groups is 1. The fourth-order valence-electron chi connectivity index (χ4n) is 1.52. The third kappa shape index (κ3) is 3.90. The first-order valence-electron chi connectivity index (χ1n) is 5.75. The first-order valence-corrected chi connectivity index (χ1v) is 7.56. The number of hydrogen-bond acceptors (Lipinski definition) is 6. The van der Waals surface area contributed by atoms with Gasteiger partial charge in [0.15, 0.2) is 0 Å². The van der Waals surface area contributed by atoms with Gasteiger partial charge in [-0.1, -0.05) is 18.5 Å². The molecule has 116 valence electrons. The molecule has 0 N–H and O–H groups in total. The third-order valence-corrected chi connectivity index (χ3v) is 5.03. The molecular formula is C11H13ClN2O6S. The van der Waals surface area contributed by atoms with Crippen LogP contribution in [-0.2, 0) is 19.6 Å². The van der Waals surface area contributed by atoms with E-state index in [0.29, 0.717) is 0 Å². The lowest BCUT2D eigenvalue weighted by molar-refractivity contribution is -0.385. The van der Waals surface area contributed by atoms with Crippen LogP contribution in [0, 0.1) is 10.1 Å². The minimum Gasteiger partial charge on any atom is -0.468 e. The summed E-state index contributed by atoms with van der Waals surface area (Å²) in [5.41, 5.74) is -0.410. The fourth-order valence-corrected chi connectivity index (χ4v) is 3.41. The van der Waals surface area contributed by atoms with Crippen molar-refractivity contribution in [1.29, 1.82) is 0 Å². The zero-order valence-electron chi connectivity index (χ0n) is 11.3. The second kappa shape index (κ2) is 6.83. The number of nitrogens with zero attached hydrogens (tertiary/aromatic N) is 2. The molecule has 0 aliphatic carbocycles. The highest BCUT2D eigenvalue weighted by molar-refractivity contribution is 7.89. The molecule has 0 aliphatic rings. The van der Waals surface area contributed by atoms with Gasteiger partial charge < -0.3 is 4.74 Å². The molecule has 10 heteroatoms. The molecule has 1 aromatic rings. The number of likely N-dealkylation sites (N-methyl/N-ethyl adjacent to an activating group) is 1. The Kier molecular flexibility index (Phi) is 5.64. The first kappa shape index (κ1) is 17.3. The largest absolute Gasteiger partial charge is 0.468 e. The average molecular weight is 337 g/mol. The molecule has 0 aliphatic heterocycles. The molecule has 21 heavy (non-hydrogen) atoms. The molecule has 8 nitrogen and oxygen atoms in total. The molecule has 1 rings (SSSR count). The second-order valence-electron chi connectivity index (χ2n) is 3.88. The van der Waals surface area contributed by atoms with Gasteiger partial charge in [0, 0.05) is 18.7 Å².